The molecule has 0 aliphatic carbocycles. The van der Waals surface area contributed by atoms with Gasteiger partial charge in [-0.2, -0.15) is 0 Å². The number of nitrogens with one attached hydrogen (secondary N) is 3. The second-order valence-electron chi connectivity index (χ2n) is 5.81. The lowest BCUT2D eigenvalue weighted by molar-refractivity contribution is -0.116. The SMILES string of the molecule is CC(=O)Nc1cccc(NC(=O)CCCNc2nc(C)cc(C)n2)c1. The summed E-state index contributed by atoms with van der Waals surface area (Å²) in [6.45, 7) is 5.89. The molecule has 0 aliphatic heterocycles. The van der Waals surface area contributed by atoms with Crippen molar-refractivity contribution in [3.05, 3.63) is 41.7 Å². The fourth-order valence-electron chi connectivity index (χ4n) is 2.36. The minimum absolute atomic E-state index is 0.0804. The summed E-state index contributed by atoms with van der Waals surface area (Å²) >= 11 is 0. The van der Waals surface area contributed by atoms with Gasteiger partial charge in [0.25, 0.3) is 0 Å². The molecule has 0 fully saturated rings. The monoisotopic (exact) mass is 341 g/mol. The normalized spacial score (nSPS) is 10.2. The molecule has 2 rings (SSSR count). The van der Waals surface area contributed by atoms with Crippen LogP contribution in [0.4, 0.5) is 17.3 Å². The Labute approximate surface area is 147 Å². The molecule has 0 atom stereocenters. The van der Waals surface area contributed by atoms with Gasteiger partial charge in [0, 0.05) is 42.7 Å². The molecule has 0 saturated heterocycles. The molecule has 2 amide bonds. The van der Waals surface area contributed by atoms with Crippen molar-refractivity contribution < 1.29 is 9.59 Å². The standard InChI is InChI=1S/C18H23N5O2/c1-12-10-13(2)21-18(20-12)19-9-5-8-17(25)23-16-7-4-6-15(11-16)22-14(3)24/h4,6-7,10-11H,5,8-9H2,1-3H3,(H,22,24)(H,23,25)(H,19,20,21). The Morgan fingerprint density at radius 1 is 1.00 bits per heavy atom. The highest BCUT2D eigenvalue weighted by Gasteiger charge is 2.04. The summed E-state index contributed by atoms with van der Waals surface area (Å²) in [4.78, 5) is 31.7. The smallest absolute Gasteiger partial charge is 0.224 e. The van der Waals surface area contributed by atoms with Crippen molar-refractivity contribution in [2.45, 2.75) is 33.6 Å². The topological polar surface area (TPSA) is 96.0 Å². The van der Waals surface area contributed by atoms with Crippen LogP contribution in [0.3, 0.4) is 0 Å². The Bertz CT molecular complexity index is 741. The van der Waals surface area contributed by atoms with E-state index in [1.165, 1.54) is 6.92 Å². The molecule has 0 saturated carbocycles. The first-order valence-corrected chi connectivity index (χ1v) is 8.16. The molecule has 1 heterocycles. The number of aryl methyl sites for hydroxylation is 2. The quantitative estimate of drug-likeness (QED) is 0.673. The summed E-state index contributed by atoms with van der Waals surface area (Å²) < 4.78 is 0. The highest BCUT2D eigenvalue weighted by Crippen LogP contribution is 2.15. The van der Waals surface area contributed by atoms with E-state index in [-0.39, 0.29) is 11.8 Å². The maximum atomic E-state index is 12.0. The molecular formula is C18H23N5O2. The lowest BCUT2D eigenvalue weighted by Crippen LogP contribution is -2.14. The van der Waals surface area contributed by atoms with E-state index < -0.39 is 0 Å². The van der Waals surface area contributed by atoms with Gasteiger partial charge in [-0.1, -0.05) is 6.07 Å². The summed E-state index contributed by atoms with van der Waals surface area (Å²) in [7, 11) is 0. The van der Waals surface area contributed by atoms with Gasteiger partial charge in [0.15, 0.2) is 0 Å². The third kappa shape index (κ3) is 6.58. The van der Waals surface area contributed by atoms with Crippen molar-refractivity contribution in [1.29, 1.82) is 0 Å². The molecule has 25 heavy (non-hydrogen) atoms. The highest BCUT2D eigenvalue weighted by atomic mass is 16.2. The summed E-state index contributed by atoms with van der Waals surface area (Å²) in [6, 6.07) is 8.96. The number of hydrogen-bond acceptors (Lipinski definition) is 5. The predicted octanol–water partition coefficient (Wildman–Crippen LogP) is 2.88. The average molecular weight is 341 g/mol. The van der Waals surface area contributed by atoms with Gasteiger partial charge in [0.2, 0.25) is 17.8 Å². The van der Waals surface area contributed by atoms with Crippen LogP contribution in [0, 0.1) is 13.8 Å². The third-order valence-electron chi connectivity index (χ3n) is 3.31. The first kappa shape index (κ1) is 18.4. The maximum Gasteiger partial charge on any atom is 0.224 e. The van der Waals surface area contributed by atoms with Crippen LogP contribution >= 0.6 is 0 Å². The molecule has 0 aliphatic rings. The van der Waals surface area contributed by atoms with Crippen LogP contribution in [0.5, 0.6) is 0 Å². The first-order chi connectivity index (χ1) is 11.9. The number of hydrogen-bond donors (Lipinski definition) is 3. The van der Waals surface area contributed by atoms with E-state index in [1.807, 2.05) is 19.9 Å². The molecular weight excluding hydrogens is 318 g/mol. The van der Waals surface area contributed by atoms with E-state index >= 15 is 0 Å². The van der Waals surface area contributed by atoms with Crippen molar-refractivity contribution in [1.82, 2.24) is 9.97 Å². The number of amides is 2. The zero-order valence-electron chi connectivity index (χ0n) is 14.7. The van der Waals surface area contributed by atoms with Crippen LogP contribution in [-0.4, -0.2) is 28.3 Å². The van der Waals surface area contributed by atoms with Crippen LogP contribution in [0.15, 0.2) is 30.3 Å². The molecule has 132 valence electrons. The summed E-state index contributed by atoms with van der Waals surface area (Å²) in [6.07, 6.45) is 1.04. The van der Waals surface area contributed by atoms with E-state index in [1.54, 1.807) is 24.3 Å². The van der Waals surface area contributed by atoms with E-state index in [4.69, 9.17) is 0 Å². The molecule has 0 bridgehead atoms. The van der Waals surface area contributed by atoms with Crippen LogP contribution in [0.25, 0.3) is 0 Å². The van der Waals surface area contributed by atoms with Crippen LogP contribution < -0.4 is 16.0 Å². The van der Waals surface area contributed by atoms with Crippen molar-refractivity contribution in [3.8, 4) is 0 Å². The number of aromatic nitrogens is 2. The van der Waals surface area contributed by atoms with E-state index in [0.717, 1.165) is 11.4 Å². The van der Waals surface area contributed by atoms with Gasteiger partial charge < -0.3 is 16.0 Å². The van der Waals surface area contributed by atoms with Gasteiger partial charge in [-0.15, -0.1) is 0 Å². The molecule has 1 aromatic carbocycles. The molecule has 0 radical (unpaired) electrons. The van der Waals surface area contributed by atoms with Crippen LogP contribution in [0.2, 0.25) is 0 Å². The predicted molar refractivity (Wildman–Crippen MR) is 98.6 cm³/mol. The molecule has 0 unspecified atom stereocenters. The maximum absolute atomic E-state index is 12.0. The van der Waals surface area contributed by atoms with E-state index in [0.29, 0.717) is 36.7 Å². The fraction of sp³-hybridized carbons (Fsp3) is 0.333. The van der Waals surface area contributed by atoms with Gasteiger partial charge in [0.1, 0.15) is 0 Å². The van der Waals surface area contributed by atoms with Gasteiger partial charge in [-0.3, -0.25) is 9.59 Å². The Hall–Kier alpha value is -2.96. The minimum atomic E-state index is -0.150. The second-order valence-corrected chi connectivity index (χ2v) is 5.81. The minimum Gasteiger partial charge on any atom is -0.354 e. The lowest BCUT2D eigenvalue weighted by Gasteiger charge is -2.09. The average Bonchev–Trinajstić information content (AvgIpc) is 2.50. The van der Waals surface area contributed by atoms with Gasteiger partial charge >= 0.3 is 0 Å². The number of carbonyl (C=O) groups is 2. The zero-order valence-corrected chi connectivity index (χ0v) is 14.7. The zero-order chi connectivity index (χ0) is 18.2. The first-order valence-electron chi connectivity index (χ1n) is 8.16. The molecule has 7 heteroatoms. The van der Waals surface area contributed by atoms with Gasteiger partial charge in [0.05, 0.1) is 0 Å². The van der Waals surface area contributed by atoms with E-state index in [2.05, 4.69) is 25.9 Å². The summed E-state index contributed by atoms with van der Waals surface area (Å²) in [5, 5.41) is 8.63. The molecule has 2 aromatic rings. The number of rotatable bonds is 7. The number of carbonyl (C=O) groups excluding carboxylic acids is 2. The Balaban J connectivity index is 1.76. The Morgan fingerprint density at radius 2 is 1.64 bits per heavy atom. The fourth-order valence-corrected chi connectivity index (χ4v) is 2.36. The number of anilines is 3. The number of nitrogens with zero attached hydrogens (tertiary/aromatic N) is 2. The van der Waals surface area contributed by atoms with Gasteiger partial charge in [-0.05, 0) is 44.5 Å². The van der Waals surface area contributed by atoms with Crippen molar-refractivity contribution in [2.24, 2.45) is 0 Å². The summed E-state index contributed by atoms with van der Waals surface area (Å²) in [5.41, 5.74) is 3.12. The van der Waals surface area contributed by atoms with Crippen LogP contribution in [0.1, 0.15) is 31.2 Å². The van der Waals surface area contributed by atoms with E-state index in [9.17, 15) is 9.59 Å². The highest BCUT2D eigenvalue weighted by molar-refractivity contribution is 5.93. The van der Waals surface area contributed by atoms with Crippen LogP contribution in [-0.2, 0) is 9.59 Å². The van der Waals surface area contributed by atoms with Gasteiger partial charge in [-0.25, -0.2) is 9.97 Å². The molecule has 1 aromatic heterocycles. The third-order valence-corrected chi connectivity index (χ3v) is 3.31. The number of benzene rings is 1. The van der Waals surface area contributed by atoms with Crippen molar-refractivity contribution >= 4 is 29.1 Å². The molecule has 3 N–H and O–H groups in total. The van der Waals surface area contributed by atoms with Crippen molar-refractivity contribution in [2.75, 3.05) is 22.5 Å². The Kier molecular flexibility index (Phi) is 6.45. The second kappa shape index (κ2) is 8.77. The summed E-state index contributed by atoms with van der Waals surface area (Å²) in [5.74, 6) is 0.354. The van der Waals surface area contributed by atoms with Crippen molar-refractivity contribution in [3.63, 3.8) is 0 Å². The lowest BCUT2D eigenvalue weighted by atomic mass is 10.2. The Morgan fingerprint density at radius 3 is 2.28 bits per heavy atom. The molecule has 7 nitrogen and oxygen atoms in total. The molecule has 0 spiro atoms. The largest absolute Gasteiger partial charge is 0.354 e.